The number of hydrogen-bond acceptors (Lipinski definition) is 21. The van der Waals surface area contributed by atoms with Gasteiger partial charge < -0.3 is 86.4 Å². The van der Waals surface area contributed by atoms with Gasteiger partial charge >= 0.3 is 171 Å². The lowest BCUT2D eigenvalue weighted by molar-refractivity contribution is 0.239. The molecule has 4 aliphatic carbocycles. The highest BCUT2D eigenvalue weighted by Crippen LogP contribution is 2.62. The predicted molar refractivity (Wildman–Crippen MR) is 493 cm³/mol. The highest BCUT2D eigenvalue weighted by Gasteiger charge is 2.61. The van der Waals surface area contributed by atoms with Crippen LogP contribution in [0.25, 0.3) is 0 Å². The van der Waals surface area contributed by atoms with Gasteiger partial charge in [0, 0.05) is 0 Å². The average Bonchev–Trinajstić information content (AvgIpc) is 1.61. The van der Waals surface area contributed by atoms with Gasteiger partial charge in [0.05, 0.1) is 0 Å². The topological polar surface area (TPSA) is 194 Å². The van der Waals surface area contributed by atoms with Crippen LogP contribution >= 0.6 is 0 Å². The van der Waals surface area contributed by atoms with Crippen molar-refractivity contribution >= 4 is 188 Å². The SMILES string of the molecule is C=C[Si](C)(O[Si](C)(C)O[Si](C)(C)O[Si](C)(C)O[Si](C)(C)O[Si](C)(C)O[Si](C)(C)O[Si](C)(C)O[Si](C)(C)O[Si](C)(C)O[Si](C)(C)O[Si](C)(C)O[Si](C)(C)O[Si](C)(C)O[Si](C)(C)O[Si](C)(C)O[Si](C)(C)O[Si](C)(C)O[Si](C)(C)O[Si](C)(C)C1CC2CC1C(C)C2C)O[Si](C)(C=C)O[Si](C)(C)C1CC2CC1C(C)C2C. The molecule has 4 saturated carbocycles. The maximum Gasteiger partial charge on any atom is 0.343 e. The minimum Gasteiger partial charge on any atom is -0.436 e. The second-order valence-electron chi connectivity index (χ2n) is 41.4. The van der Waals surface area contributed by atoms with Crippen LogP contribution in [0.5, 0.6) is 0 Å². The molecule has 0 heterocycles. The molecular formula is C64H162O21Si22. The lowest BCUT2D eigenvalue weighted by atomic mass is 9.81. The molecule has 0 aromatic heterocycles. The molecule has 0 spiro atoms. The van der Waals surface area contributed by atoms with Crippen molar-refractivity contribution in [3.63, 3.8) is 0 Å². The summed E-state index contributed by atoms with van der Waals surface area (Å²) in [6.07, 6.45) is 5.25. The summed E-state index contributed by atoms with van der Waals surface area (Å²) >= 11 is 0. The zero-order chi connectivity index (χ0) is 83.9. The molecule has 0 aliphatic heterocycles. The first-order valence-electron chi connectivity index (χ1n) is 39.8. The Morgan fingerprint density at radius 2 is 0.336 bits per heavy atom. The number of fused-ring (bicyclic) bond motifs is 4. The van der Waals surface area contributed by atoms with Crippen LogP contribution in [-0.2, 0) is 86.4 Å². The number of rotatable bonds is 46. The molecule has 12 unspecified atom stereocenters. The van der Waals surface area contributed by atoms with Gasteiger partial charge in [-0.05, 0) is 359 Å². The zero-order valence-corrected chi connectivity index (χ0v) is 98.7. The first kappa shape index (κ1) is 103. The molecule has 0 N–H and O–H groups in total. The van der Waals surface area contributed by atoms with E-state index in [2.05, 4.69) is 316 Å². The molecular weight excluding hydrogens is 1720 g/mol. The second-order valence-corrected chi connectivity index (χ2v) is 122. The molecule has 0 aromatic carbocycles. The molecule has 4 rings (SSSR count). The average molecular weight is 1890 g/mol. The third-order valence-corrected chi connectivity index (χ3v) is 108. The van der Waals surface area contributed by atoms with Gasteiger partial charge in [-0.2, -0.15) is 0 Å². The Balaban J connectivity index is 1.28. The van der Waals surface area contributed by atoms with Crippen molar-refractivity contribution in [1.82, 2.24) is 0 Å². The molecule has 632 valence electrons. The van der Waals surface area contributed by atoms with E-state index >= 15 is 0 Å². The van der Waals surface area contributed by atoms with Gasteiger partial charge in [-0.25, -0.2) is 0 Å². The summed E-state index contributed by atoms with van der Waals surface area (Å²) in [6.45, 7) is 107. The van der Waals surface area contributed by atoms with Crippen LogP contribution in [-0.4, -0.2) is 188 Å². The Bertz CT molecular complexity index is 2990. The molecule has 0 aromatic rings. The van der Waals surface area contributed by atoms with Crippen LogP contribution in [0.1, 0.15) is 53.4 Å². The van der Waals surface area contributed by atoms with Gasteiger partial charge in [0.25, 0.3) is 0 Å². The minimum absolute atomic E-state index is 0.609. The Morgan fingerprint density at radius 1 is 0.187 bits per heavy atom. The molecule has 4 bridgehead atoms. The normalized spacial score (nSPS) is 25.6. The molecule has 107 heavy (non-hydrogen) atoms. The van der Waals surface area contributed by atoms with Crippen LogP contribution < -0.4 is 0 Å². The zero-order valence-electron chi connectivity index (χ0n) is 76.7. The van der Waals surface area contributed by atoms with E-state index in [0.29, 0.717) is 11.1 Å². The summed E-state index contributed by atoms with van der Waals surface area (Å²) in [4.78, 5) is 0. The van der Waals surface area contributed by atoms with Crippen molar-refractivity contribution in [2.24, 2.45) is 47.3 Å². The Hall–Kier alpha value is 3.41. The molecule has 0 amide bonds. The Kier molecular flexibility index (Phi) is 33.4. The van der Waals surface area contributed by atoms with E-state index in [1.807, 2.05) is 11.4 Å². The fraction of sp³-hybridized carbons (Fsp3) is 0.938. The van der Waals surface area contributed by atoms with E-state index in [9.17, 15) is 0 Å². The highest BCUT2D eigenvalue weighted by molar-refractivity contribution is 6.98. The standard InChI is InChI=1S/C64H162O21Si22/c1-49-106(47,66-87(9,10)64-54-60-52-62(64)58(6)56(60)4)85-107(48,50-2)84-105(45,46)83-104(43,44)82-103(41,42)81-102(39,40)80-101(37,38)79-100(35,36)78-99(33,34)77-98(31,32)76-97(29,30)75-96(27,28)74-95(25,26)73-94(23,24)72-93(21,22)71-92(19,20)70-91(17,18)69-90(15,16)68-89(13,14)67-88(11,12)65-86(7,8)63-53-59-51-61(63)57(5)55(59)3/h49-50,55-64H,1-2,51-54H2,3-48H3. The van der Waals surface area contributed by atoms with Gasteiger partial charge in [-0.15, -0.1) is 13.2 Å². The quantitative estimate of drug-likeness (QED) is 0.0522. The first-order valence-corrected chi connectivity index (χ1v) is 101. The van der Waals surface area contributed by atoms with Crippen molar-refractivity contribution in [2.75, 3.05) is 0 Å². The minimum atomic E-state index is -3.05. The van der Waals surface area contributed by atoms with Gasteiger partial charge in [-0.3, -0.25) is 0 Å². The van der Waals surface area contributed by atoms with Crippen molar-refractivity contribution in [3.8, 4) is 0 Å². The largest absolute Gasteiger partial charge is 0.436 e. The van der Waals surface area contributed by atoms with E-state index in [1.54, 1.807) is 0 Å². The van der Waals surface area contributed by atoms with Crippen LogP contribution in [0.3, 0.4) is 0 Å². The Labute approximate surface area is 679 Å². The lowest BCUT2D eigenvalue weighted by Crippen LogP contribution is -2.63. The molecule has 43 heteroatoms. The fourth-order valence-electron chi connectivity index (χ4n) is 20.3. The van der Waals surface area contributed by atoms with Gasteiger partial charge in [-0.1, -0.05) is 39.1 Å². The second kappa shape index (κ2) is 34.7. The van der Waals surface area contributed by atoms with E-state index in [-0.39, 0.29) is 0 Å². The summed E-state index contributed by atoms with van der Waals surface area (Å²) in [6, 6.07) is 0. The Morgan fingerprint density at radius 3 is 0.495 bits per heavy atom. The van der Waals surface area contributed by atoms with Crippen molar-refractivity contribution in [1.29, 1.82) is 0 Å². The summed E-state index contributed by atoms with van der Waals surface area (Å²) in [5, 5.41) is 0. The fourth-order valence-corrected chi connectivity index (χ4v) is 135. The predicted octanol–water partition coefficient (Wildman–Crippen LogP) is 21.3. The number of hydrogen-bond donors (Lipinski definition) is 0. The monoisotopic (exact) mass is 1880 g/mol. The van der Waals surface area contributed by atoms with E-state index in [0.717, 1.165) is 47.3 Å². The molecule has 4 aliphatic rings. The van der Waals surface area contributed by atoms with Gasteiger partial charge in [0.1, 0.15) is 0 Å². The third-order valence-electron chi connectivity index (χ3n) is 20.5. The van der Waals surface area contributed by atoms with Crippen molar-refractivity contribution in [3.05, 3.63) is 24.6 Å². The summed E-state index contributed by atoms with van der Waals surface area (Å²) in [5.74, 6) is 6.21. The first-order chi connectivity index (χ1) is 46.8. The van der Waals surface area contributed by atoms with Crippen molar-refractivity contribution < 1.29 is 86.4 Å². The van der Waals surface area contributed by atoms with Crippen LogP contribution in [0.4, 0.5) is 0 Å². The summed E-state index contributed by atoms with van der Waals surface area (Å²) in [5.41, 5.74) is 5.09. The highest BCUT2D eigenvalue weighted by atomic mass is 28.6. The van der Waals surface area contributed by atoms with Crippen molar-refractivity contribution in [2.45, 2.75) is 339 Å². The summed E-state index contributed by atoms with van der Waals surface area (Å²) < 4.78 is 148. The van der Waals surface area contributed by atoms with E-state index in [4.69, 9.17) is 86.4 Å². The molecule has 12 atom stereocenters. The summed E-state index contributed by atoms with van der Waals surface area (Å²) in [7, 11) is -61.5. The molecule has 21 nitrogen and oxygen atoms in total. The maximum absolute atomic E-state index is 7.26. The third kappa shape index (κ3) is 33.1. The smallest absolute Gasteiger partial charge is 0.343 e. The molecule has 0 radical (unpaired) electrons. The molecule has 4 fully saturated rings. The molecule has 0 saturated heterocycles. The van der Waals surface area contributed by atoms with E-state index < -0.39 is 188 Å². The van der Waals surface area contributed by atoms with Gasteiger partial charge in [0.2, 0.25) is 0 Å². The maximum atomic E-state index is 7.26. The van der Waals surface area contributed by atoms with Crippen LogP contribution in [0.15, 0.2) is 24.6 Å². The van der Waals surface area contributed by atoms with Gasteiger partial charge in [0.15, 0.2) is 16.6 Å². The van der Waals surface area contributed by atoms with E-state index in [1.165, 1.54) is 25.7 Å². The lowest BCUT2D eigenvalue weighted by Gasteiger charge is -2.46. The van der Waals surface area contributed by atoms with Crippen LogP contribution in [0, 0.1) is 47.3 Å². The van der Waals surface area contributed by atoms with Crippen LogP contribution in [0.2, 0.25) is 286 Å².